The van der Waals surface area contributed by atoms with Gasteiger partial charge in [0.15, 0.2) is 5.82 Å². The van der Waals surface area contributed by atoms with Gasteiger partial charge < -0.3 is 0 Å². The second-order valence-corrected chi connectivity index (χ2v) is 4.47. The lowest BCUT2D eigenvalue weighted by Gasteiger charge is -2.02. The van der Waals surface area contributed by atoms with E-state index in [0.29, 0.717) is 0 Å². The van der Waals surface area contributed by atoms with Crippen LogP contribution in [0.25, 0.3) is 11.4 Å². The molecule has 0 atom stereocenters. The van der Waals surface area contributed by atoms with E-state index in [0.717, 1.165) is 23.6 Å². The summed E-state index contributed by atoms with van der Waals surface area (Å²) in [5, 5.41) is 7.15. The minimum Gasteiger partial charge on any atom is -0.263 e. The number of benzene rings is 1. The molecule has 2 aromatic rings. The van der Waals surface area contributed by atoms with Crippen molar-refractivity contribution in [3.8, 4) is 11.4 Å². The zero-order valence-electron chi connectivity index (χ0n) is 8.71. The smallest absolute Gasteiger partial charge is 0.182 e. The highest BCUT2D eigenvalue weighted by Gasteiger charge is 2.09. The highest BCUT2D eigenvalue weighted by molar-refractivity contribution is 14.1. The number of aromatic nitrogens is 3. The predicted molar refractivity (Wildman–Crippen MR) is 68.7 cm³/mol. The third-order valence-electron chi connectivity index (χ3n) is 2.30. The number of halogens is 1. The molecule has 0 spiro atoms. The molecule has 0 aliphatic heterocycles. The molecule has 78 valence electrons. The van der Waals surface area contributed by atoms with Gasteiger partial charge in [-0.2, -0.15) is 5.10 Å². The Bertz CT molecular complexity index is 476. The van der Waals surface area contributed by atoms with Crippen molar-refractivity contribution in [2.24, 2.45) is 0 Å². The zero-order chi connectivity index (χ0) is 10.8. The molecule has 0 saturated heterocycles. The van der Waals surface area contributed by atoms with E-state index in [4.69, 9.17) is 0 Å². The summed E-state index contributed by atoms with van der Waals surface area (Å²) in [6, 6.07) is 6.19. The van der Waals surface area contributed by atoms with Crippen molar-refractivity contribution in [1.82, 2.24) is 15.2 Å². The molecular formula is C11H12IN3. The van der Waals surface area contributed by atoms with Gasteiger partial charge in [-0.05, 0) is 35.1 Å². The van der Waals surface area contributed by atoms with Crippen LogP contribution in [-0.2, 0) is 6.42 Å². The molecule has 0 aliphatic carbocycles. The van der Waals surface area contributed by atoms with E-state index in [1.165, 1.54) is 9.13 Å². The van der Waals surface area contributed by atoms with Crippen molar-refractivity contribution in [3.63, 3.8) is 0 Å². The first-order chi connectivity index (χ1) is 7.22. The summed E-state index contributed by atoms with van der Waals surface area (Å²) in [7, 11) is 0. The summed E-state index contributed by atoms with van der Waals surface area (Å²) < 4.78 is 1.22. The van der Waals surface area contributed by atoms with E-state index in [1.807, 2.05) is 6.07 Å². The van der Waals surface area contributed by atoms with Crippen LogP contribution in [0.1, 0.15) is 18.3 Å². The lowest BCUT2D eigenvalue weighted by Crippen LogP contribution is -1.88. The summed E-state index contributed by atoms with van der Waals surface area (Å²) in [4.78, 5) is 4.43. The second kappa shape index (κ2) is 4.30. The third kappa shape index (κ3) is 2.04. The van der Waals surface area contributed by atoms with Crippen LogP contribution in [0.15, 0.2) is 18.2 Å². The van der Waals surface area contributed by atoms with Crippen LogP contribution in [0.4, 0.5) is 0 Å². The Hall–Kier alpha value is -0.910. The SMILES string of the molecule is CCc1nc(-c2cccc(C)c2I)n[nH]1. The molecule has 0 radical (unpaired) electrons. The van der Waals surface area contributed by atoms with Crippen molar-refractivity contribution >= 4 is 22.6 Å². The van der Waals surface area contributed by atoms with Gasteiger partial charge in [0.05, 0.1) is 0 Å². The van der Waals surface area contributed by atoms with Gasteiger partial charge in [-0.25, -0.2) is 4.98 Å². The molecule has 0 fully saturated rings. The molecule has 1 aromatic carbocycles. The number of aryl methyl sites for hydroxylation is 2. The molecule has 0 bridgehead atoms. The maximum atomic E-state index is 4.43. The van der Waals surface area contributed by atoms with Crippen molar-refractivity contribution < 1.29 is 0 Å². The first kappa shape index (κ1) is 10.6. The van der Waals surface area contributed by atoms with E-state index in [9.17, 15) is 0 Å². The highest BCUT2D eigenvalue weighted by Crippen LogP contribution is 2.24. The topological polar surface area (TPSA) is 41.6 Å². The van der Waals surface area contributed by atoms with Crippen LogP contribution in [0, 0.1) is 10.5 Å². The quantitative estimate of drug-likeness (QED) is 0.866. The molecular weight excluding hydrogens is 301 g/mol. The fraction of sp³-hybridized carbons (Fsp3) is 0.273. The van der Waals surface area contributed by atoms with Gasteiger partial charge in [0.1, 0.15) is 5.82 Å². The van der Waals surface area contributed by atoms with Gasteiger partial charge in [0, 0.05) is 15.6 Å². The second-order valence-electron chi connectivity index (χ2n) is 3.40. The monoisotopic (exact) mass is 313 g/mol. The van der Waals surface area contributed by atoms with E-state index < -0.39 is 0 Å². The molecule has 2 rings (SSSR count). The Balaban J connectivity index is 2.49. The summed E-state index contributed by atoms with van der Waals surface area (Å²) in [6.07, 6.45) is 0.884. The van der Waals surface area contributed by atoms with Gasteiger partial charge >= 0.3 is 0 Å². The number of nitrogens with one attached hydrogen (secondary N) is 1. The number of hydrogen-bond acceptors (Lipinski definition) is 2. The Kier molecular flexibility index (Phi) is 3.04. The van der Waals surface area contributed by atoms with E-state index in [1.54, 1.807) is 0 Å². The number of nitrogens with zero attached hydrogens (tertiary/aromatic N) is 2. The summed E-state index contributed by atoms with van der Waals surface area (Å²) >= 11 is 2.34. The molecule has 1 aromatic heterocycles. The van der Waals surface area contributed by atoms with Gasteiger partial charge in [-0.3, -0.25) is 5.10 Å². The van der Waals surface area contributed by atoms with Crippen molar-refractivity contribution in [1.29, 1.82) is 0 Å². The Morgan fingerprint density at radius 1 is 1.40 bits per heavy atom. The van der Waals surface area contributed by atoms with Gasteiger partial charge in [-0.1, -0.05) is 25.1 Å². The molecule has 0 saturated carbocycles. The normalized spacial score (nSPS) is 10.6. The third-order valence-corrected chi connectivity index (χ3v) is 3.73. The van der Waals surface area contributed by atoms with Crippen LogP contribution < -0.4 is 0 Å². The molecule has 15 heavy (non-hydrogen) atoms. The average molecular weight is 313 g/mol. The van der Waals surface area contributed by atoms with Crippen LogP contribution in [0.3, 0.4) is 0 Å². The number of H-pyrrole nitrogens is 1. The van der Waals surface area contributed by atoms with Gasteiger partial charge in [0.25, 0.3) is 0 Å². The Morgan fingerprint density at radius 2 is 2.20 bits per heavy atom. The molecule has 0 amide bonds. The number of hydrogen-bond donors (Lipinski definition) is 1. The van der Waals surface area contributed by atoms with Crippen LogP contribution in [0.5, 0.6) is 0 Å². The minimum absolute atomic E-state index is 0.792. The van der Waals surface area contributed by atoms with Crippen LogP contribution in [-0.4, -0.2) is 15.2 Å². The van der Waals surface area contributed by atoms with Crippen molar-refractivity contribution in [2.75, 3.05) is 0 Å². The van der Waals surface area contributed by atoms with Gasteiger partial charge in [-0.15, -0.1) is 0 Å². The molecule has 0 unspecified atom stereocenters. The molecule has 1 heterocycles. The molecule has 0 aliphatic rings. The molecule has 1 N–H and O–H groups in total. The van der Waals surface area contributed by atoms with Crippen LogP contribution in [0.2, 0.25) is 0 Å². The summed E-state index contributed by atoms with van der Waals surface area (Å²) in [6.45, 7) is 4.16. The fourth-order valence-electron chi connectivity index (χ4n) is 1.39. The van der Waals surface area contributed by atoms with Crippen molar-refractivity contribution in [3.05, 3.63) is 33.2 Å². The lowest BCUT2D eigenvalue weighted by atomic mass is 10.1. The number of rotatable bonds is 2. The Labute approximate surface area is 102 Å². The number of aromatic amines is 1. The fourth-order valence-corrected chi connectivity index (χ4v) is 1.99. The first-order valence-electron chi connectivity index (χ1n) is 4.89. The molecule has 4 heteroatoms. The lowest BCUT2D eigenvalue weighted by molar-refractivity contribution is 0.946. The molecule has 3 nitrogen and oxygen atoms in total. The van der Waals surface area contributed by atoms with E-state index in [-0.39, 0.29) is 0 Å². The summed E-state index contributed by atoms with van der Waals surface area (Å²) in [5.74, 6) is 1.72. The first-order valence-corrected chi connectivity index (χ1v) is 5.97. The Morgan fingerprint density at radius 3 is 2.87 bits per heavy atom. The maximum absolute atomic E-state index is 4.43. The van der Waals surface area contributed by atoms with Gasteiger partial charge in [0.2, 0.25) is 0 Å². The minimum atomic E-state index is 0.792. The standard InChI is InChI=1S/C11H12IN3/c1-3-9-13-11(15-14-9)8-6-4-5-7(2)10(8)12/h4-6H,3H2,1-2H3,(H,13,14,15). The highest BCUT2D eigenvalue weighted by atomic mass is 127. The predicted octanol–water partition coefficient (Wildman–Crippen LogP) is 2.95. The maximum Gasteiger partial charge on any atom is 0.182 e. The zero-order valence-corrected chi connectivity index (χ0v) is 10.9. The van der Waals surface area contributed by atoms with E-state index >= 15 is 0 Å². The van der Waals surface area contributed by atoms with Crippen LogP contribution >= 0.6 is 22.6 Å². The summed E-state index contributed by atoms with van der Waals surface area (Å²) in [5.41, 5.74) is 2.36. The van der Waals surface area contributed by atoms with Crippen molar-refractivity contribution in [2.45, 2.75) is 20.3 Å². The average Bonchev–Trinajstić information content (AvgIpc) is 2.70. The largest absolute Gasteiger partial charge is 0.263 e. The van der Waals surface area contributed by atoms with E-state index in [2.05, 4.69) is 63.8 Å².